The van der Waals surface area contributed by atoms with Gasteiger partial charge in [0.15, 0.2) is 0 Å². The average molecular weight is 327 g/mol. The zero-order chi connectivity index (χ0) is 16.2. The highest BCUT2D eigenvalue weighted by atomic mass is 35.5. The monoisotopic (exact) mass is 326 g/mol. The molecule has 0 unspecified atom stereocenters. The molecule has 124 valence electrons. The van der Waals surface area contributed by atoms with Crippen molar-refractivity contribution in [3.05, 3.63) is 29.8 Å². The van der Waals surface area contributed by atoms with Crippen molar-refractivity contribution in [3.63, 3.8) is 0 Å². The summed E-state index contributed by atoms with van der Waals surface area (Å²) in [6.45, 7) is 5.45. The predicted octanol–water partition coefficient (Wildman–Crippen LogP) is 2.48. The third kappa shape index (κ3) is 7.11. The minimum atomic E-state index is -0.191. The Morgan fingerprint density at radius 3 is 2.68 bits per heavy atom. The van der Waals surface area contributed by atoms with Crippen molar-refractivity contribution in [3.8, 4) is 0 Å². The summed E-state index contributed by atoms with van der Waals surface area (Å²) < 4.78 is 0. The number of nitrogens with one attached hydrogen (secondary N) is 3. The van der Waals surface area contributed by atoms with E-state index in [1.54, 1.807) is 7.05 Å². The summed E-state index contributed by atoms with van der Waals surface area (Å²) in [5.41, 5.74) is 2.00. The van der Waals surface area contributed by atoms with Crippen molar-refractivity contribution in [2.24, 2.45) is 0 Å². The summed E-state index contributed by atoms with van der Waals surface area (Å²) in [7, 11) is 1.61. The van der Waals surface area contributed by atoms with Gasteiger partial charge in [0.05, 0.1) is 0 Å². The Bertz CT molecular complexity index is 436. The number of likely N-dealkylation sites (tertiary alicyclic amines) is 1. The van der Waals surface area contributed by atoms with Crippen molar-refractivity contribution in [1.29, 1.82) is 0 Å². The highest BCUT2D eigenvalue weighted by Crippen LogP contribution is 2.10. The van der Waals surface area contributed by atoms with Crippen LogP contribution in [0.1, 0.15) is 18.4 Å². The summed E-state index contributed by atoms with van der Waals surface area (Å²) >= 11 is 4.64. The molecule has 6 heteroatoms. The van der Waals surface area contributed by atoms with E-state index < -0.39 is 0 Å². The molecule has 1 aromatic carbocycles. The van der Waals surface area contributed by atoms with Crippen LogP contribution in [0.5, 0.6) is 0 Å². The summed E-state index contributed by atoms with van der Waals surface area (Å²) in [6, 6.07) is 7.73. The lowest BCUT2D eigenvalue weighted by Crippen LogP contribution is -2.29. The van der Waals surface area contributed by atoms with Gasteiger partial charge >= 0.3 is 6.03 Å². The Morgan fingerprint density at radius 1 is 1.27 bits per heavy atom. The fraction of sp³-hybridized carbons (Fsp3) is 0.562. The second kappa shape index (κ2) is 11.3. The van der Waals surface area contributed by atoms with E-state index in [0.29, 0.717) is 0 Å². The van der Waals surface area contributed by atoms with Gasteiger partial charge < -0.3 is 20.9 Å². The molecule has 22 heavy (non-hydrogen) atoms. The molecular formula is C16H27ClN4O. The minimum Gasteiger partial charge on any atom is -0.341 e. The zero-order valence-corrected chi connectivity index (χ0v) is 14.2. The topological polar surface area (TPSA) is 56.4 Å². The highest BCUT2D eigenvalue weighted by molar-refractivity contribution is 6.15. The largest absolute Gasteiger partial charge is 0.341 e. The molecule has 2 rings (SSSR count). The number of halogens is 1. The normalized spacial score (nSPS) is 14.1. The van der Waals surface area contributed by atoms with Crippen LogP contribution in [0.4, 0.5) is 10.5 Å². The summed E-state index contributed by atoms with van der Waals surface area (Å²) in [5, 5.41) is 8.78. The highest BCUT2D eigenvalue weighted by Gasteiger charge is 2.09. The minimum absolute atomic E-state index is 0.191. The fourth-order valence-corrected chi connectivity index (χ4v) is 2.43. The van der Waals surface area contributed by atoms with Gasteiger partial charge in [0.2, 0.25) is 0 Å². The number of hydrogen-bond acceptors (Lipinski definition) is 3. The third-order valence-corrected chi connectivity index (χ3v) is 3.54. The number of alkyl halides is 1. The maximum atomic E-state index is 11.3. The van der Waals surface area contributed by atoms with E-state index in [-0.39, 0.29) is 6.03 Å². The van der Waals surface area contributed by atoms with Gasteiger partial charge in [-0.3, -0.25) is 0 Å². The van der Waals surface area contributed by atoms with Gasteiger partial charge in [-0.15, -0.1) is 11.6 Å². The third-order valence-electron chi connectivity index (χ3n) is 3.54. The van der Waals surface area contributed by atoms with Crippen molar-refractivity contribution >= 4 is 23.3 Å². The van der Waals surface area contributed by atoms with Crippen LogP contribution in [0.25, 0.3) is 0 Å². The molecule has 1 fully saturated rings. The van der Waals surface area contributed by atoms with Gasteiger partial charge in [-0.1, -0.05) is 12.1 Å². The molecule has 1 saturated heterocycles. The van der Waals surface area contributed by atoms with E-state index in [2.05, 4.69) is 38.5 Å². The number of carbonyl (C=O) groups is 1. The molecule has 0 radical (unpaired) electrons. The number of amides is 2. The van der Waals surface area contributed by atoms with Gasteiger partial charge in [0, 0.05) is 38.8 Å². The summed E-state index contributed by atoms with van der Waals surface area (Å²) in [5.74, 6) is 0. The van der Waals surface area contributed by atoms with Crippen LogP contribution in [-0.2, 0) is 6.54 Å². The van der Waals surface area contributed by atoms with Gasteiger partial charge in [0.25, 0.3) is 0 Å². The lowest BCUT2D eigenvalue weighted by Gasteiger charge is -2.15. The molecule has 0 aromatic heterocycles. The van der Waals surface area contributed by atoms with Crippen LogP contribution in [-0.4, -0.2) is 50.5 Å². The fourth-order valence-electron chi connectivity index (χ4n) is 2.43. The molecule has 2 amide bonds. The number of benzene rings is 1. The van der Waals surface area contributed by atoms with E-state index in [1.807, 2.05) is 18.2 Å². The lowest BCUT2D eigenvalue weighted by atomic mass is 10.2. The van der Waals surface area contributed by atoms with Crippen molar-refractivity contribution < 1.29 is 4.79 Å². The van der Waals surface area contributed by atoms with Gasteiger partial charge in [-0.05, 0) is 43.6 Å². The number of carbonyl (C=O) groups excluding carboxylic acids is 1. The first-order chi connectivity index (χ1) is 10.8. The van der Waals surface area contributed by atoms with Gasteiger partial charge in [-0.2, -0.15) is 0 Å². The SMILES string of the molecule is CCl.CNC(=O)Nc1cccc(CNCCN2CCCC2)c1. The molecular weight excluding hydrogens is 300 g/mol. The van der Waals surface area contributed by atoms with E-state index in [4.69, 9.17) is 0 Å². The zero-order valence-electron chi connectivity index (χ0n) is 13.5. The summed E-state index contributed by atoms with van der Waals surface area (Å²) in [4.78, 5) is 13.8. The first kappa shape index (κ1) is 18.7. The van der Waals surface area contributed by atoms with E-state index >= 15 is 0 Å². The van der Waals surface area contributed by atoms with Crippen molar-refractivity contribution in [2.75, 3.05) is 44.9 Å². The molecule has 0 spiro atoms. The second-order valence-electron chi connectivity index (χ2n) is 5.13. The number of anilines is 1. The van der Waals surface area contributed by atoms with Crippen LogP contribution in [0.15, 0.2) is 24.3 Å². The van der Waals surface area contributed by atoms with Gasteiger partial charge in [0.1, 0.15) is 0 Å². The van der Waals surface area contributed by atoms with Crippen molar-refractivity contribution in [1.82, 2.24) is 15.5 Å². The maximum Gasteiger partial charge on any atom is 0.318 e. The predicted molar refractivity (Wildman–Crippen MR) is 93.7 cm³/mol. The van der Waals surface area contributed by atoms with E-state index in [0.717, 1.165) is 25.3 Å². The number of rotatable bonds is 6. The van der Waals surface area contributed by atoms with Crippen LogP contribution < -0.4 is 16.0 Å². The Morgan fingerprint density at radius 2 is 2.00 bits per heavy atom. The van der Waals surface area contributed by atoms with Crippen LogP contribution >= 0.6 is 11.6 Å². The molecule has 0 atom stereocenters. The number of hydrogen-bond donors (Lipinski definition) is 3. The Hall–Kier alpha value is -1.30. The van der Waals surface area contributed by atoms with Gasteiger partial charge in [-0.25, -0.2) is 4.79 Å². The Labute approximate surface area is 138 Å². The second-order valence-corrected chi connectivity index (χ2v) is 5.13. The molecule has 0 bridgehead atoms. The quantitative estimate of drug-likeness (QED) is 0.556. The lowest BCUT2D eigenvalue weighted by molar-refractivity contribution is 0.254. The first-order valence-corrected chi connectivity index (χ1v) is 8.42. The molecule has 1 aliphatic rings. The Kier molecular flexibility index (Phi) is 9.62. The molecule has 5 nitrogen and oxygen atoms in total. The average Bonchev–Trinajstić information content (AvgIpc) is 3.07. The standard InChI is InChI=1S/C15H24N4O.CH3Cl/c1-16-15(20)18-14-6-4-5-13(11-14)12-17-7-10-19-8-2-3-9-19;1-2/h4-6,11,17H,2-3,7-10,12H2,1H3,(H2,16,18,20);1H3. The first-order valence-electron chi connectivity index (χ1n) is 7.66. The number of urea groups is 1. The molecule has 0 saturated carbocycles. The molecule has 3 N–H and O–H groups in total. The van der Waals surface area contributed by atoms with Crippen LogP contribution in [0.3, 0.4) is 0 Å². The Balaban J connectivity index is 0.00000116. The molecule has 1 aromatic rings. The van der Waals surface area contributed by atoms with E-state index in [1.165, 1.54) is 37.9 Å². The van der Waals surface area contributed by atoms with E-state index in [9.17, 15) is 4.79 Å². The molecule has 1 heterocycles. The summed E-state index contributed by atoms with van der Waals surface area (Å²) in [6.07, 6.45) is 4.15. The van der Waals surface area contributed by atoms with Crippen LogP contribution in [0.2, 0.25) is 0 Å². The number of nitrogens with zero attached hydrogens (tertiary/aromatic N) is 1. The molecule has 0 aliphatic carbocycles. The smallest absolute Gasteiger partial charge is 0.318 e. The van der Waals surface area contributed by atoms with Crippen molar-refractivity contribution in [2.45, 2.75) is 19.4 Å². The molecule has 1 aliphatic heterocycles. The van der Waals surface area contributed by atoms with Crippen LogP contribution in [0, 0.1) is 0 Å². The maximum absolute atomic E-state index is 11.3.